The second-order valence-corrected chi connectivity index (χ2v) is 10.1. The number of aromatic nitrogens is 3. The first-order valence-corrected chi connectivity index (χ1v) is 13.0. The highest BCUT2D eigenvalue weighted by atomic mass is 35.5. The van der Waals surface area contributed by atoms with Gasteiger partial charge >= 0.3 is 0 Å². The second kappa shape index (κ2) is 10.1. The standard InChI is InChI=1S/C26H29ClFN5O5/c1-2-13-7-15(14-3-5-35-6-4-14)8-18(28)16(13)10-30-23-17(27)9-19-24(32-23)33-25(31-19)38-20-11-37-26(29)21(34)12-36-22(20)26/h3,7-9,20-22,34H,2,4-6,10-12,29H2,1H3,(H2,30,31,32,33)/t20-,21-,22-,26-/m1/s1. The lowest BCUT2D eigenvalue weighted by atomic mass is 9.95. The van der Waals surface area contributed by atoms with Crippen LogP contribution in [0.1, 0.15) is 30.0 Å². The predicted octanol–water partition coefficient (Wildman–Crippen LogP) is 2.92. The fourth-order valence-corrected chi connectivity index (χ4v) is 5.42. The maximum Gasteiger partial charge on any atom is 0.296 e. The predicted molar refractivity (Wildman–Crippen MR) is 138 cm³/mol. The van der Waals surface area contributed by atoms with E-state index >= 15 is 4.39 Å². The summed E-state index contributed by atoms with van der Waals surface area (Å²) in [6.45, 7) is 3.63. The Morgan fingerprint density at radius 2 is 2.18 bits per heavy atom. The van der Waals surface area contributed by atoms with Gasteiger partial charge in [0.15, 0.2) is 17.5 Å². The molecule has 0 spiro atoms. The van der Waals surface area contributed by atoms with E-state index in [4.69, 9.17) is 36.3 Å². The first-order valence-electron chi connectivity index (χ1n) is 12.6. The molecule has 0 saturated carbocycles. The number of benzene rings is 1. The van der Waals surface area contributed by atoms with E-state index in [1.807, 2.05) is 19.1 Å². The normalized spacial score (nSPS) is 27.0. The Morgan fingerprint density at radius 1 is 1.32 bits per heavy atom. The van der Waals surface area contributed by atoms with E-state index < -0.39 is 24.0 Å². The first kappa shape index (κ1) is 25.5. The molecule has 2 fully saturated rings. The van der Waals surface area contributed by atoms with Crippen molar-refractivity contribution >= 4 is 34.2 Å². The number of halogens is 2. The van der Waals surface area contributed by atoms with Crippen molar-refractivity contribution in [1.29, 1.82) is 0 Å². The van der Waals surface area contributed by atoms with Crippen LogP contribution in [0.15, 0.2) is 24.3 Å². The number of H-pyrrole nitrogens is 1. The third kappa shape index (κ3) is 4.53. The van der Waals surface area contributed by atoms with Crippen LogP contribution in [0.25, 0.3) is 16.7 Å². The molecule has 38 heavy (non-hydrogen) atoms. The molecule has 3 aliphatic rings. The summed E-state index contributed by atoms with van der Waals surface area (Å²) in [7, 11) is 0. The van der Waals surface area contributed by atoms with Crippen molar-refractivity contribution in [3.8, 4) is 6.01 Å². The van der Waals surface area contributed by atoms with Gasteiger partial charge in [0.05, 0.1) is 37.0 Å². The zero-order valence-corrected chi connectivity index (χ0v) is 21.6. The van der Waals surface area contributed by atoms with E-state index in [0.717, 1.165) is 23.1 Å². The van der Waals surface area contributed by atoms with Crippen molar-refractivity contribution in [3.05, 3.63) is 51.8 Å². The molecule has 0 aliphatic carbocycles. The Labute approximate surface area is 223 Å². The molecule has 12 heteroatoms. The smallest absolute Gasteiger partial charge is 0.296 e. The average molecular weight is 546 g/mol. The van der Waals surface area contributed by atoms with E-state index in [1.165, 1.54) is 0 Å². The van der Waals surface area contributed by atoms with Crippen LogP contribution in [-0.4, -0.2) is 70.5 Å². The Hall–Kier alpha value is -2.80. The fourth-order valence-electron chi connectivity index (χ4n) is 5.20. The zero-order valence-electron chi connectivity index (χ0n) is 20.8. The van der Waals surface area contributed by atoms with Gasteiger partial charge in [-0.25, -0.2) is 9.37 Å². The van der Waals surface area contributed by atoms with Gasteiger partial charge in [-0.2, -0.15) is 4.98 Å². The molecule has 10 nitrogen and oxygen atoms in total. The third-order valence-electron chi connectivity index (χ3n) is 7.34. The lowest BCUT2D eigenvalue weighted by Crippen LogP contribution is -2.55. The SMILES string of the molecule is CCc1cc(C2=CCOCC2)cc(F)c1CNc1nc2nc(O[C@@H]3CO[C@]4(N)[C@H](O)CO[C@H]34)[nH]c2cc1Cl. The highest BCUT2D eigenvalue weighted by Crippen LogP contribution is 2.36. The third-order valence-corrected chi connectivity index (χ3v) is 7.63. The van der Waals surface area contributed by atoms with E-state index in [-0.39, 0.29) is 31.6 Å². The number of nitrogens with two attached hydrogens (primary N) is 1. The number of rotatable bonds is 7. The Balaban J connectivity index is 1.19. The van der Waals surface area contributed by atoms with Crippen molar-refractivity contribution in [1.82, 2.24) is 15.0 Å². The largest absolute Gasteiger partial charge is 0.456 e. The number of aliphatic hydroxyl groups is 1. The molecule has 1 aromatic carbocycles. The van der Waals surface area contributed by atoms with E-state index in [9.17, 15) is 5.11 Å². The Morgan fingerprint density at radius 3 is 2.97 bits per heavy atom. The van der Waals surface area contributed by atoms with Crippen molar-refractivity contribution in [2.75, 3.05) is 31.7 Å². The van der Waals surface area contributed by atoms with Crippen molar-refractivity contribution in [2.24, 2.45) is 5.73 Å². The number of aryl methyl sites for hydroxylation is 1. The summed E-state index contributed by atoms with van der Waals surface area (Å²) < 4.78 is 37.7. The molecule has 2 saturated heterocycles. The number of aliphatic hydroxyl groups excluding tert-OH is 1. The summed E-state index contributed by atoms with van der Waals surface area (Å²) >= 11 is 6.49. The number of nitrogens with zero attached hydrogens (tertiary/aromatic N) is 2. The van der Waals surface area contributed by atoms with E-state index in [2.05, 4.69) is 20.3 Å². The van der Waals surface area contributed by atoms with E-state index in [0.29, 0.717) is 47.2 Å². The number of pyridine rings is 1. The van der Waals surface area contributed by atoms with Crippen LogP contribution in [-0.2, 0) is 27.2 Å². The Bertz CT molecular complexity index is 1400. The number of imidazole rings is 1. The lowest BCUT2D eigenvalue weighted by Gasteiger charge is -2.24. The van der Waals surface area contributed by atoms with Gasteiger partial charge in [-0.15, -0.1) is 0 Å². The van der Waals surface area contributed by atoms with Crippen molar-refractivity contribution < 1.29 is 28.4 Å². The van der Waals surface area contributed by atoms with Crippen LogP contribution in [0.5, 0.6) is 6.01 Å². The van der Waals surface area contributed by atoms with E-state index in [1.54, 1.807) is 12.1 Å². The second-order valence-electron chi connectivity index (χ2n) is 9.68. The van der Waals surface area contributed by atoms with Crippen LogP contribution in [0.4, 0.5) is 10.2 Å². The van der Waals surface area contributed by atoms with Crippen LogP contribution in [0.3, 0.4) is 0 Å². The molecule has 3 aliphatic heterocycles. The van der Waals surface area contributed by atoms with Crippen molar-refractivity contribution in [3.63, 3.8) is 0 Å². The number of hydrogen-bond acceptors (Lipinski definition) is 9. The molecule has 5 heterocycles. The molecule has 3 aromatic rings. The summed E-state index contributed by atoms with van der Waals surface area (Å²) in [5, 5.41) is 13.6. The van der Waals surface area contributed by atoms with Crippen LogP contribution in [0.2, 0.25) is 5.02 Å². The summed E-state index contributed by atoms with van der Waals surface area (Å²) in [4.78, 5) is 12.0. The van der Waals surface area contributed by atoms with Crippen LogP contribution in [0, 0.1) is 5.82 Å². The summed E-state index contributed by atoms with van der Waals surface area (Å²) in [5.41, 5.74) is 9.26. The molecular formula is C26H29ClFN5O5. The summed E-state index contributed by atoms with van der Waals surface area (Å²) in [6, 6.07) is 5.50. The number of ether oxygens (including phenoxy) is 4. The number of hydrogen-bond donors (Lipinski definition) is 4. The summed E-state index contributed by atoms with van der Waals surface area (Å²) in [6.07, 6.45) is 1.34. The number of anilines is 1. The molecule has 5 N–H and O–H groups in total. The maximum atomic E-state index is 15.2. The van der Waals surface area contributed by atoms with Gasteiger partial charge in [0.2, 0.25) is 0 Å². The summed E-state index contributed by atoms with van der Waals surface area (Å²) in [5.74, 6) is 0.100. The molecule has 6 rings (SSSR count). The minimum atomic E-state index is -1.30. The van der Waals surface area contributed by atoms with Gasteiger partial charge in [-0.05, 0) is 41.7 Å². The maximum absolute atomic E-state index is 15.2. The Kier molecular flexibility index (Phi) is 6.75. The number of fused-ring (bicyclic) bond motifs is 2. The molecule has 202 valence electrons. The molecule has 0 bridgehead atoms. The average Bonchev–Trinajstić information content (AvgIpc) is 3.55. The highest BCUT2D eigenvalue weighted by molar-refractivity contribution is 6.33. The monoisotopic (exact) mass is 545 g/mol. The van der Waals surface area contributed by atoms with Gasteiger partial charge in [-0.1, -0.05) is 30.7 Å². The molecular weight excluding hydrogens is 517 g/mol. The fraction of sp³-hybridized carbons (Fsp3) is 0.462. The molecule has 0 amide bonds. The quantitative estimate of drug-likeness (QED) is 0.353. The zero-order chi connectivity index (χ0) is 26.4. The first-order chi connectivity index (χ1) is 18.4. The van der Waals surface area contributed by atoms with Gasteiger partial charge in [-0.3, -0.25) is 5.73 Å². The van der Waals surface area contributed by atoms with Gasteiger partial charge in [0, 0.05) is 12.1 Å². The minimum absolute atomic E-state index is 0.0727. The van der Waals surface area contributed by atoms with Crippen LogP contribution >= 0.6 is 11.6 Å². The topological polar surface area (TPSA) is 137 Å². The number of aromatic amines is 1. The molecule has 0 unspecified atom stereocenters. The van der Waals surface area contributed by atoms with Gasteiger partial charge in [0.1, 0.15) is 23.8 Å². The minimum Gasteiger partial charge on any atom is -0.456 e. The van der Waals surface area contributed by atoms with Gasteiger partial charge in [0.25, 0.3) is 6.01 Å². The highest BCUT2D eigenvalue weighted by Gasteiger charge is 2.59. The molecule has 2 aromatic heterocycles. The molecule has 0 radical (unpaired) electrons. The van der Waals surface area contributed by atoms with Gasteiger partial charge < -0.3 is 34.4 Å². The van der Waals surface area contributed by atoms with Crippen molar-refractivity contribution in [2.45, 2.75) is 50.3 Å². The van der Waals surface area contributed by atoms with Crippen LogP contribution < -0.4 is 15.8 Å². The lowest BCUT2D eigenvalue weighted by molar-refractivity contribution is -0.0715. The molecule has 4 atom stereocenters. The number of nitrogens with one attached hydrogen (secondary N) is 2.